The Morgan fingerprint density at radius 2 is 0.769 bits per heavy atom. The summed E-state index contributed by atoms with van der Waals surface area (Å²) in [5, 5.41) is 9.98. The lowest BCUT2D eigenvalue weighted by molar-refractivity contribution is 1.07. The van der Waals surface area contributed by atoms with E-state index in [0.717, 1.165) is 33.4 Å². The van der Waals surface area contributed by atoms with E-state index in [0.29, 0.717) is 17.5 Å². The molecule has 242 valence electrons. The normalized spacial score (nSPS) is 11.5. The maximum atomic E-state index is 5.05. The molecular formula is C48H30N4. The molecular weight excluding hydrogens is 633 g/mol. The van der Waals surface area contributed by atoms with Crippen LogP contribution >= 0.6 is 0 Å². The average molecular weight is 663 g/mol. The van der Waals surface area contributed by atoms with Crippen molar-refractivity contribution >= 4 is 43.1 Å². The number of fused-ring (bicyclic) bond motifs is 8. The Kier molecular flexibility index (Phi) is 7.10. The molecule has 0 fully saturated rings. The summed E-state index contributed by atoms with van der Waals surface area (Å²) in [6.07, 6.45) is 3.76. The lowest BCUT2D eigenvalue weighted by atomic mass is 9.85. The zero-order valence-electron chi connectivity index (χ0n) is 28.1. The summed E-state index contributed by atoms with van der Waals surface area (Å²) in [7, 11) is 0. The molecule has 0 saturated carbocycles. The SMILES string of the molecule is c1ccc(-c2nc(-c3ccccc3)nc(-c3ccc(-c4cc5c6ccccc6c6ccccc6c5c5ccccc45)c(-c4cccnc4)c3)n2)cc1. The van der Waals surface area contributed by atoms with Crippen molar-refractivity contribution in [2.45, 2.75) is 0 Å². The van der Waals surface area contributed by atoms with Crippen molar-refractivity contribution in [3.05, 3.63) is 182 Å². The van der Waals surface area contributed by atoms with Crippen LogP contribution in [0, 0.1) is 0 Å². The molecule has 8 aromatic carbocycles. The minimum absolute atomic E-state index is 0.616. The lowest BCUT2D eigenvalue weighted by Gasteiger charge is -2.18. The summed E-state index contributed by atoms with van der Waals surface area (Å²) < 4.78 is 0. The van der Waals surface area contributed by atoms with Gasteiger partial charge >= 0.3 is 0 Å². The van der Waals surface area contributed by atoms with Gasteiger partial charge in [0.25, 0.3) is 0 Å². The monoisotopic (exact) mass is 662 g/mol. The highest BCUT2D eigenvalue weighted by Crippen LogP contribution is 2.45. The van der Waals surface area contributed by atoms with Gasteiger partial charge in [0, 0.05) is 34.6 Å². The van der Waals surface area contributed by atoms with E-state index < -0.39 is 0 Å². The van der Waals surface area contributed by atoms with Crippen molar-refractivity contribution < 1.29 is 0 Å². The summed E-state index contributed by atoms with van der Waals surface area (Å²) in [4.78, 5) is 19.6. The van der Waals surface area contributed by atoms with Crippen molar-refractivity contribution in [2.24, 2.45) is 0 Å². The number of aromatic nitrogens is 4. The van der Waals surface area contributed by atoms with Gasteiger partial charge in [0.05, 0.1) is 0 Å². The minimum atomic E-state index is 0.616. The molecule has 0 amide bonds. The van der Waals surface area contributed by atoms with E-state index in [1.165, 1.54) is 48.7 Å². The fourth-order valence-electron chi connectivity index (χ4n) is 7.61. The van der Waals surface area contributed by atoms with Crippen molar-refractivity contribution in [1.82, 2.24) is 19.9 Å². The molecule has 4 heteroatoms. The Hall–Kier alpha value is -7.04. The van der Waals surface area contributed by atoms with Gasteiger partial charge in [-0.1, -0.05) is 152 Å². The summed E-state index contributed by atoms with van der Waals surface area (Å²) in [6, 6.07) is 59.6. The largest absolute Gasteiger partial charge is 0.264 e. The van der Waals surface area contributed by atoms with Crippen molar-refractivity contribution in [2.75, 3.05) is 0 Å². The van der Waals surface area contributed by atoms with E-state index in [-0.39, 0.29) is 0 Å². The highest BCUT2D eigenvalue weighted by Gasteiger charge is 2.19. The van der Waals surface area contributed by atoms with Crippen LogP contribution in [0.25, 0.3) is 99.5 Å². The number of hydrogen-bond acceptors (Lipinski definition) is 4. The van der Waals surface area contributed by atoms with Crippen LogP contribution in [-0.2, 0) is 0 Å². The Morgan fingerprint density at radius 1 is 0.288 bits per heavy atom. The molecule has 0 aliphatic rings. The van der Waals surface area contributed by atoms with Crippen molar-refractivity contribution in [3.63, 3.8) is 0 Å². The molecule has 0 aliphatic carbocycles. The van der Waals surface area contributed by atoms with Crippen LogP contribution in [0.1, 0.15) is 0 Å². The number of pyridine rings is 1. The molecule has 0 bridgehead atoms. The first kappa shape index (κ1) is 29.8. The Balaban J connectivity index is 1.26. The lowest BCUT2D eigenvalue weighted by Crippen LogP contribution is -2.00. The Morgan fingerprint density at radius 3 is 1.37 bits per heavy atom. The molecule has 0 N–H and O–H groups in total. The van der Waals surface area contributed by atoms with E-state index in [1.807, 2.05) is 79.1 Å². The van der Waals surface area contributed by atoms with Gasteiger partial charge in [-0.3, -0.25) is 4.98 Å². The topological polar surface area (TPSA) is 51.6 Å². The quantitative estimate of drug-likeness (QED) is 0.172. The van der Waals surface area contributed by atoms with E-state index in [2.05, 4.69) is 108 Å². The number of rotatable bonds is 5. The van der Waals surface area contributed by atoms with E-state index in [9.17, 15) is 0 Å². The second-order valence-corrected chi connectivity index (χ2v) is 13.0. The molecule has 0 atom stereocenters. The standard InChI is InChI=1S/C48H30N4/c1-3-14-31(15-4-1)46-50-47(32-16-5-2-6-17-32)52-48(51-46)33-25-26-39(42(28-33)34-18-13-27-49-30-34)43-29-44-37-21-8-7-19-35(37)36-20-9-11-23-40(36)45(44)41-24-12-10-22-38(41)43/h1-30H. The van der Waals surface area contributed by atoms with Crippen LogP contribution < -0.4 is 0 Å². The predicted octanol–water partition coefficient (Wildman–Crippen LogP) is 12.2. The maximum absolute atomic E-state index is 5.05. The van der Waals surface area contributed by atoms with Gasteiger partial charge in [-0.25, -0.2) is 15.0 Å². The predicted molar refractivity (Wildman–Crippen MR) is 215 cm³/mol. The number of benzene rings is 8. The van der Waals surface area contributed by atoms with Gasteiger partial charge < -0.3 is 0 Å². The molecule has 2 heterocycles. The molecule has 10 aromatic rings. The van der Waals surface area contributed by atoms with Crippen LogP contribution in [0.5, 0.6) is 0 Å². The van der Waals surface area contributed by atoms with Crippen LogP contribution in [0.2, 0.25) is 0 Å². The van der Waals surface area contributed by atoms with E-state index >= 15 is 0 Å². The molecule has 0 radical (unpaired) electrons. The smallest absolute Gasteiger partial charge is 0.164 e. The van der Waals surface area contributed by atoms with Crippen LogP contribution in [0.3, 0.4) is 0 Å². The van der Waals surface area contributed by atoms with E-state index in [4.69, 9.17) is 15.0 Å². The molecule has 0 unspecified atom stereocenters. The number of hydrogen-bond donors (Lipinski definition) is 0. The molecule has 4 nitrogen and oxygen atoms in total. The van der Waals surface area contributed by atoms with E-state index in [1.54, 1.807) is 0 Å². The van der Waals surface area contributed by atoms with Gasteiger partial charge in [0.1, 0.15) is 0 Å². The summed E-state index contributed by atoms with van der Waals surface area (Å²) in [6.45, 7) is 0. The molecule has 0 spiro atoms. The third kappa shape index (κ3) is 5.00. The van der Waals surface area contributed by atoms with Crippen molar-refractivity contribution in [3.8, 4) is 56.4 Å². The van der Waals surface area contributed by atoms with Gasteiger partial charge in [-0.05, 0) is 78.0 Å². The summed E-state index contributed by atoms with van der Waals surface area (Å²) in [5.74, 6) is 1.89. The summed E-state index contributed by atoms with van der Waals surface area (Å²) in [5.41, 5.74) is 7.15. The third-order valence-corrected chi connectivity index (χ3v) is 9.99. The zero-order valence-corrected chi connectivity index (χ0v) is 28.1. The van der Waals surface area contributed by atoms with Crippen LogP contribution in [0.4, 0.5) is 0 Å². The summed E-state index contributed by atoms with van der Waals surface area (Å²) >= 11 is 0. The van der Waals surface area contributed by atoms with Gasteiger partial charge in [-0.15, -0.1) is 0 Å². The highest BCUT2D eigenvalue weighted by molar-refractivity contribution is 6.33. The molecule has 52 heavy (non-hydrogen) atoms. The zero-order chi connectivity index (χ0) is 34.4. The Bertz CT molecular complexity index is 2880. The van der Waals surface area contributed by atoms with Gasteiger partial charge in [-0.2, -0.15) is 0 Å². The second kappa shape index (κ2) is 12.4. The third-order valence-electron chi connectivity index (χ3n) is 9.99. The fourth-order valence-corrected chi connectivity index (χ4v) is 7.61. The first-order chi connectivity index (χ1) is 25.8. The van der Waals surface area contributed by atoms with Crippen LogP contribution in [0.15, 0.2) is 182 Å². The van der Waals surface area contributed by atoms with Gasteiger partial charge in [0.2, 0.25) is 0 Å². The number of nitrogens with zero attached hydrogens (tertiary/aromatic N) is 4. The highest BCUT2D eigenvalue weighted by atomic mass is 15.0. The van der Waals surface area contributed by atoms with Crippen LogP contribution in [-0.4, -0.2) is 19.9 Å². The first-order valence-corrected chi connectivity index (χ1v) is 17.5. The van der Waals surface area contributed by atoms with Gasteiger partial charge in [0.15, 0.2) is 17.5 Å². The average Bonchev–Trinajstić information content (AvgIpc) is 3.24. The Labute approximate surface area is 300 Å². The maximum Gasteiger partial charge on any atom is 0.164 e. The molecule has 10 rings (SSSR count). The second-order valence-electron chi connectivity index (χ2n) is 13.0. The molecule has 0 aliphatic heterocycles. The van der Waals surface area contributed by atoms with Crippen molar-refractivity contribution in [1.29, 1.82) is 0 Å². The first-order valence-electron chi connectivity index (χ1n) is 17.5. The fraction of sp³-hybridized carbons (Fsp3) is 0. The molecule has 2 aromatic heterocycles. The minimum Gasteiger partial charge on any atom is -0.264 e. The molecule has 0 saturated heterocycles.